The Kier molecular flexibility index (Phi) is 6.90. The maximum absolute atomic E-state index is 12.7. The van der Waals surface area contributed by atoms with Crippen LogP contribution in [0.5, 0.6) is 5.75 Å². The second-order valence-corrected chi connectivity index (χ2v) is 6.42. The van der Waals surface area contributed by atoms with Crippen molar-refractivity contribution in [2.75, 3.05) is 33.3 Å². The number of hydrogen-bond acceptors (Lipinski definition) is 3. The minimum absolute atomic E-state index is 0.0622. The Morgan fingerprint density at radius 2 is 2.13 bits per heavy atom. The van der Waals surface area contributed by atoms with Crippen LogP contribution in [0.4, 0.5) is 0 Å². The van der Waals surface area contributed by atoms with E-state index in [1.165, 1.54) is 6.42 Å². The number of carbonyl (C=O) groups excluding carboxylic acids is 1. The summed E-state index contributed by atoms with van der Waals surface area (Å²) in [6, 6.07) is 8.05. The molecule has 1 aliphatic rings. The Hall–Kier alpha value is -1.55. The number of rotatable bonds is 7. The lowest BCUT2D eigenvalue weighted by Crippen LogP contribution is -2.50. The molecule has 1 saturated heterocycles. The van der Waals surface area contributed by atoms with Crippen molar-refractivity contribution in [3.63, 3.8) is 0 Å². The summed E-state index contributed by atoms with van der Waals surface area (Å²) in [4.78, 5) is 16.9. The third-order valence-electron chi connectivity index (χ3n) is 4.56. The maximum Gasteiger partial charge on any atom is 0.239 e. The highest BCUT2D eigenvalue weighted by molar-refractivity contribution is 5.81. The minimum Gasteiger partial charge on any atom is -0.491 e. The number of carbonyl (C=O) groups is 1. The molecule has 0 bridgehead atoms. The smallest absolute Gasteiger partial charge is 0.239 e. The van der Waals surface area contributed by atoms with Crippen molar-refractivity contribution in [3.8, 4) is 5.75 Å². The van der Waals surface area contributed by atoms with Crippen LogP contribution in [-0.4, -0.2) is 55.0 Å². The van der Waals surface area contributed by atoms with E-state index in [0.717, 1.165) is 43.7 Å². The molecule has 0 spiro atoms. The average Bonchev–Trinajstić information content (AvgIpc) is 2.56. The van der Waals surface area contributed by atoms with Gasteiger partial charge in [-0.1, -0.05) is 31.5 Å². The van der Waals surface area contributed by atoms with Crippen LogP contribution in [0.2, 0.25) is 0 Å². The molecule has 1 heterocycles. The van der Waals surface area contributed by atoms with Gasteiger partial charge in [-0.3, -0.25) is 9.69 Å². The number of hydrogen-bond donors (Lipinski definition) is 0. The summed E-state index contributed by atoms with van der Waals surface area (Å²) >= 11 is 0. The van der Waals surface area contributed by atoms with Crippen molar-refractivity contribution in [2.24, 2.45) is 0 Å². The van der Waals surface area contributed by atoms with Gasteiger partial charge < -0.3 is 9.64 Å². The van der Waals surface area contributed by atoms with E-state index < -0.39 is 0 Å². The second kappa shape index (κ2) is 8.92. The zero-order chi connectivity index (χ0) is 16.7. The van der Waals surface area contributed by atoms with Gasteiger partial charge in [-0.05, 0) is 50.9 Å². The molecular weight excluding hydrogens is 288 g/mol. The molecular formula is C19H30N2O2. The first-order valence-electron chi connectivity index (χ1n) is 8.81. The molecule has 4 nitrogen and oxygen atoms in total. The van der Waals surface area contributed by atoms with Crippen molar-refractivity contribution in [1.82, 2.24) is 9.80 Å². The van der Waals surface area contributed by atoms with Gasteiger partial charge in [0, 0.05) is 7.05 Å². The normalized spacial score (nSPS) is 18.7. The van der Waals surface area contributed by atoms with Crippen LogP contribution >= 0.6 is 0 Å². The molecule has 128 valence electrons. The first kappa shape index (κ1) is 17.8. The number of ether oxygens (including phenoxy) is 1. The quantitative estimate of drug-likeness (QED) is 0.774. The van der Waals surface area contributed by atoms with E-state index in [9.17, 15) is 4.79 Å². The lowest BCUT2D eigenvalue weighted by molar-refractivity contribution is -0.137. The molecule has 0 radical (unpaired) electrons. The van der Waals surface area contributed by atoms with Gasteiger partial charge in [0.15, 0.2) is 0 Å². The standard InChI is InChI=1S/C19H30N2O2/c1-4-12-21-13-8-7-10-17(21)19(22)20(3)14-15-23-18-11-6-5-9-16(18)2/h5-6,9,11,17H,4,7-8,10,12-15H2,1-3H3. The lowest BCUT2D eigenvalue weighted by atomic mass is 10.0. The molecule has 0 saturated carbocycles. The summed E-state index contributed by atoms with van der Waals surface area (Å²) in [7, 11) is 1.89. The fourth-order valence-electron chi connectivity index (χ4n) is 3.20. The molecule has 1 fully saturated rings. The van der Waals surface area contributed by atoms with Crippen LogP contribution in [0, 0.1) is 6.92 Å². The highest BCUT2D eigenvalue weighted by atomic mass is 16.5. The Morgan fingerprint density at radius 3 is 2.87 bits per heavy atom. The summed E-state index contributed by atoms with van der Waals surface area (Å²) < 4.78 is 5.81. The van der Waals surface area contributed by atoms with Crippen LogP contribution in [0.3, 0.4) is 0 Å². The zero-order valence-corrected chi connectivity index (χ0v) is 14.8. The predicted octanol–water partition coefficient (Wildman–Crippen LogP) is 3.10. The van der Waals surface area contributed by atoms with Gasteiger partial charge in [-0.15, -0.1) is 0 Å². The Morgan fingerprint density at radius 1 is 1.35 bits per heavy atom. The van der Waals surface area contributed by atoms with Gasteiger partial charge in [0.05, 0.1) is 12.6 Å². The molecule has 23 heavy (non-hydrogen) atoms. The van der Waals surface area contributed by atoms with E-state index in [-0.39, 0.29) is 11.9 Å². The van der Waals surface area contributed by atoms with Crippen molar-refractivity contribution in [2.45, 2.75) is 45.6 Å². The Bertz CT molecular complexity index is 502. The van der Waals surface area contributed by atoms with Gasteiger partial charge in [-0.25, -0.2) is 0 Å². The molecule has 0 aliphatic carbocycles. The monoisotopic (exact) mass is 318 g/mol. The molecule has 1 atom stereocenters. The number of likely N-dealkylation sites (tertiary alicyclic amines) is 1. The van der Waals surface area contributed by atoms with E-state index >= 15 is 0 Å². The fourth-order valence-corrected chi connectivity index (χ4v) is 3.20. The van der Waals surface area contributed by atoms with Crippen LogP contribution in [0.1, 0.15) is 38.2 Å². The lowest BCUT2D eigenvalue weighted by Gasteiger charge is -2.36. The minimum atomic E-state index is 0.0622. The number of likely N-dealkylation sites (N-methyl/N-ethyl adjacent to an activating group) is 1. The van der Waals surface area contributed by atoms with Crippen molar-refractivity contribution in [3.05, 3.63) is 29.8 Å². The van der Waals surface area contributed by atoms with E-state index in [0.29, 0.717) is 13.2 Å². The summed E-state index contributed by atoms with van der Waals surface area (Å²) in [5.41, 5.74) is 1.13. The third-order valence-corrected chi connectivity index (χ3v) is 4.56. The molecule has 4 heteroatoms. The molecule has 0 aromatic heterocycles. The Labute approximate surface area is 140 Å². The van der Waals surface area contributed by atoms with Crippen molar-refractivity contribution >= 4 is 5.91 Å². The van der Waals surface area contributed by atoms with Gasteiger partial charge in [-0.2, -0.15) is 0 Å². The second-order valence-electron chi connectivity index (χ2n) is 6.42. The molecule has 1 unspecified atom stereocenters. The van der Waals surface area contributed by atoms with E-state index in [1.807, 2.05) is 43.1 Å². The van der Waals surface area contributed by atoms with Gasteiger partial charge >= 0.3 is 0 Å². The number of para-hydroxylation sites is 1. The first-order valence-corrected chi connectivity index (χ1v) is 8.81. The average molecular weight is 318 g/mol. The first-order chi connectivity index (χ1) is 11.1. The van der Waals surface area contributed by atoms with Crippen molar-refractivity contribution in [1.29, 1.82) is 0 Å². The fraction of sp³-hybridized carbons (Fsp3) is 0.632. The van der Waals surface area contributed by atoms with Gasteiger partial charge in [0.25, 0.3) is 0 Å². The number of amides is 1. The number of piperidine rings is 1. The predicted molar refractivity (Wildman–Crippen MR) is 93.8 cm³/mol. The topological polar surface area (TPSA) is 32.8 Å². The van der Waals surface area contributed by atoms with E-state index in [1.54, 1.807) is 0 Å². The van der Waals surface area contributed by atoms with Crippen LogP contribution in [0.25, 0.3) is 0 Å². The molecule has 1 aliphatic heterocycles. The van der Waals surface area contributed by atoms with Crippen LogP contribution in [-0.2, 0) is 4.79 Å². The summed E-state index contributed by atoms with van der Waals surface area (Å²) in [6.07, 6.45) is 4.46. The SMILES string of the molecule is CCCN1CCCCC1C(=O)N(C)CCOc1ccccc1C. The third kappa shape index (κ3) is 4.96. The van der Waals surface area contributed by atoms with E-state index in [4.69, 9.17) is 4.74 Å². The molecule has 2 rings (SSSR count). The number of nitrogens with zero attached hydrogens (tertiary/aromatic N) is 2. The molecule has 1 aromatic rings. The Balaban J connectivity index is 1.83. The van der Waals surface area contributed by atoms with Crippen molar-refractivity contribution < 1.29 is 9.53 Å². The maximum atomic E-state index is 12.7. The van der Waals surface area contributed by atoms with E-state index in [2.05, 4.69) is 11.8 Å². The summed E-state index contributed by atoms with van der Waals surface area (Å²) in [6.45, 7) is 7.45. The van der Waals surface area contributed by atoms with Gasteiger partial charge in [0.1, 0.15) is 12.4 Å². The van der Waals surface area contributed by atoms with Gasteiger partial charge in [0.2, 0.25) is 5.91 Å². The molecule has 1 aromatic carbocycles. The van der Waals surface area contributed by atoms with Crippen LogP contribution in [0.15, 0.2) is 24.3 Å². The number of benzene rings is 1. The summed E-state index contributed by atoms with van der Waals surface area (Å²) in [5, 5.41) is 0. The molecule has 1 amide bonds. The zero-order valence-electron chi connectivity index (χ0n) is 14.8. The molecule has 0 N–H and O–H groups in total. The number of aryl methyl sites for hydroxylation is 1. The summed E-state index contributed by atoms with van der Waals surface area (Å²) in [5.74, 6) is 1.14. The highest BCUT2D eigenvalue weighted by Gasteiger charge is 2.29. The van der Waals surface area contributed by atoms with Crippen LogP contribution < -0.4 is 4.74 Å². The largest absolute Gasteiger partial charge is 0.491 e. The highest BCUT2D eigenvalue weighted by Crippen LogP contribution is 2.19.